The number of carboxylic acids is 1. The fourth-order valence-corrected chi connectivity index (χ4v) is 1.47. The van der Waals surface area contributed by atoms with Crippen molar-refractivity contribution < 1.29 is 19.5 Å². The molecule has 6 heteroatoms. The molecule has 5 nitrogen and oxygen atoms in total. The Hall–Kier alpha value is -1.56. The van der Waals surface area contributed by atoms with Crippen molar-refractivity contribution in [3.05, 3.63) is 28.5 Å². The predicted molar refractivity (Wildman–Crippen MR) is 58.1 cm³/mol. The van der Waals surface area contributed by atoms with Crippen LogP contribution in [-0.4, -0.2) is 27.6 Å². The lowest BCUT2D eigenvalue weighted by molar-refractivity contribution is -0.150. The number of pyridine rings is 1. The van der Waals surface area contributed by atoms with E-state index >= 15 is 0 Å². The maximum Gasteiger partial charge on any atom is 0.372 e. The van der Waals surface area contributed by atoms with Gasteiger partial charge in [0.2, 0.25) is 5.78 Å². The number of rotatable bonds is 4. The van der Waals surface area contributed by atoms with E-state index in [9.17, 15) is 14.4 Å². The van der Waals surface area contributed by atoms with Crippen molar-refractivity contribution in [2.24, 2.45) is 5.92 Å². The maximum absolute atomic E-state index is 11.7. The second-order valence-electron chi connectivity index (χ2n) is 3.15. The Balaban J connectivity index is 2.95. The number of nitrogens with zero attached hydrogens (tertiary/aromatic N) is 1. The second kappa shape index (κ2) is 4.98. The van der Waals surface area contributed by atoms with E-state index in [1.165, 1.54) is 25.4 Å². The largest absolute Gasteiger partial charge is 0.475 e. The molecule has 0 aliphatic rings. The Morgan fingerprint density at radius 2 is 2.00 bits per heavy atom. The van der Waals surface area contributed by atoms with Crippen LogP contribution in [-0.2, 0) is 9.59 Å². The number of hydrogen-bond acceptors (Lipinski definition) is 4. The van der Waals surface area contributed by atoms with E-state index in [1.54, 1.807) is 0 Å². The first-order chi connectivity index (χ1) is 7.43. The van der Waals surface area contributed by atoms with Crippen molar-refractivity contribution in [2.75, 3.05) is 0 Å². The lowest BCUT2D eigenvalue weighted by Gasteiger charge is -2.06. The van der Waals surface area contributed by atoms with Crippen LogP contribution in [0.15, 0.2) is 22.9 Å². The number of Topliss-reactive ketones (excluding diaryl/α,β-unsaturated/α-hetero) is 2. The van der Waals surface area contributed by atoms with Gasteiger partial charge in [0.15, 0.2) is 5.78 Å². The molecule has 84 valence electrons. The number of carboxylic acid groups (broad SMARTS) is 1. The molecule has 0 aliphatic carbocycles. The van der Waals surface area contributed by atoms with E-state index in [0.717, 1.165) is 0 Å². The topological polar surface area (TPSA) is 84.3 Å². The number of hydrogen-bond donors (Lipinski definition) is 1. The smallest absolute Gasteiger partial charge is 0.372 e. The average Bonchev–Trinajstić information content (AvgIpc) is 2.26. The van der Waals surface area contributed by atoms with Crippen LogP contribution < -0.4 is 0 Å². The first kappa shape index (κ1) is 12.5. The van der Waals surface area contributed by atoms with Gasteiger partial charge in [0.1, 0.15) is 0 Å². The van der Waals surface area contributed by atoms with Gasteiger partial charge in [-0.15, -0.1) is 0 Å². The Labute approximate surface area is 99.6 Å². The van der Waals surface area contributed by atoms with Crippen molar-refractivity contribution in [3.63, 3.8) is 0 Å². The molecule has 0 aromatic carbocycles. The molecule has 0 saturated carbocycles. The van der Waals surface area contributed by atoms with Crippen LogP contribution >= 0.6 is 15.9 Å². The molecule has 1 atom stereocenters. The van der Waals surface area contributed by atoms with Gasteiger partial charge in [0.25, 0.3) is 0 Å². The van der Waals surface area contributed by atoms with E-state index in [1.807, 2.05) is 0 Å². The standard InChI is InChI=1S/C10H8BrNO4/c1-5(9(14)10(15)16)8(13)6-2-7(11)4-12-3-6/h2-5H,1H3,(H,15,16). The van der Waals surface area contributed by atoms with Gasteiger partial charge in [-0.1, -0.05) is 0 Å². The SMILES string of the molecule is CC(C(=O)C(=O)O)C(=O)c1cncc(Br)c1. The molecule has 1 rings (SSSR count). The molecule has 0 spiro atoms. The molecule has 1 N–H and O–H groups in total. The van der Waals surface area contributed by atoms with Gasteiger partial charge in [0.05, 0.1) is 5.92 Å². The lowest BCUT2D eigenvalue weighted by atomic mass is 9.96. The summed E-state index contributed by atoms with van der Waals surface area (Å²) in [6.45, 7) is 1.26. The third-order valence-corrected chi connectivity index (χ3v) is 2.42. The number of carbonyl (C=O) groups excluding carboxylic acids is 2. The van der Waals surface area contributed by atoms with Crippen LogP contribution in [0.25, 0.3) is 0 Å². The molecule has 1 aromatic heterocycles. The molecular formula is C10H8BrNO4. The van der Waals surface area contributed by atoms with Crippen molar-refractivity contribution in [1.82, 2.24) is 4.98 Å². The third-order valence-electron chi connectivity index (χ3n) is 1.99. The Morgan fingerprint density at radius 1 is 1.38 bits per heavy atom. The van der Waals surface area contributed by atoms with Gasteiger partial charge < -0.3 is 5.11 Å². The van der Waals surface area contributed by atoms with Gasteiger partial charge in [-0.25, -0.2) is 4.79 Å². The fourth-order valence-electron chi connectivity index (χ4n) is 1.10. The summed E-state index contributed by atoms with van der Waals surface area (Å²) in [5.74, 6) is -4.48. The highest BCUT2D eigenvalue weighted by Gasteiger charge is 2.27. The van der Waals surface area contributed by atoms with Crippen molar-refractivity contribution >= 4 is 33.5 Å². The van der Waals surface area contributed by atoms with Crippen LogP contribution in [0.2, 0.25) is 0 Å². The zero-order valence-corrected chi connectivity index (χ0v) is 9.89. The summed E-state index contributed by atoms with van der Waals surface area (Å²) < 4.78 is 0.591. The molecule has 0 radical (unpaired) electrons. The monoisotopic (exact) mass is 285 g/mol. The molecule has 1 aromatic rings. The second-order valence-corrected chi connectivity index (χ2v) is 4.06. The minimum Gasteiger partial charge on any atom is -0.475 e. The van der Waals surface area contributed by atoms with Crippen LogP contribution in [0, 0.1) is 5.92 Å². The highest BCUT2D eigenvalue weighted by Crippen LogP contribution is 2.14. The molecule has 1 heterocycles. The van der Waals surface area contributed by atoms with Crippen LogP contribution in [0.1, 0.15) is 17.3 Å². The molecule has 16 heavy (non-hydrogen) atoms. The molecule has 0 fully saturated rings. The van der Waals surface area contributed by atoms with Crippen molar-refractivity contribution in [1.29, 1.82) is 0 Å². The molecule has 0 saturated heterocycles. The zero-order valence-electron chi connectivity index (χ0n) is 8.31. The highest BCUT2D eigenvalue weighted by atomic mass is 79.9. The summed E-state index contributed by atoms with van der Waals surface area (Å²) in [6.07, 6.45) is 2.78. The Bertz CT molecular complexity index is 458. The zero-order chi connectivity index (χ0) is 12.3. The van der Waals surface area contributed by atoms with Crippen LogP contribution in [0.5, 0.6) is 0 Å². The van der Waals surface area contributed by atoms with Crippen molar-refractivity contribution in [3.8, 4) is 0 Å². The van der Waals surface area contributed by atoms with E-state index in [4.69, 9.17) is 5.11 Å². The van der Waals surface area contributed by atoms with E-state index in [-0.39, 0.29) is 5.56 Å². The average molecular weight is 286 g/mol. The van der Waals surface area contributed by atoms with Crippen LogP contribution in [0.3, 0.4) is 0 Å². The number of aliphatic carboxylic acids is 1. The lowest BCUT2D eigenvalue weighted by Crippen LogP contribution is -2.27. The summed E-state index contributed by atoms with van der Waals surface area (Å²) in [7, 11) is 0. The maximum atomic E-state index is 11.7. The third kappa shape index (κ3) is 2.73. The summed E-state index contributed by atoms with van der Waals surface area (Å²) >= 11 is 3.13. The summed E-state index contributed by atoms with van der Waals surface area (Å²) in [5, 5.41) is 8.48. The first-order valence-corrected chi connectivity index (χ1v) is 5.14. The number of aromatic nitrogens is 1. The predicted octanol–water partition coefficient (Wildman–Crippen LogP) is 1.32. The normalized spacial score (nSPS) is 11.9. The quantitative estimate of drug-likeness (QED) is 0.512. The number of ketones is 2. The number of carbonyl (C=O) groups is 3. The Kier molecular flexibility index (Phi) is 3.89. The van der Waals surface area contributed by atoms with Gasteiger partial charge in [-0.2, -0.15) is 0 Å². The molecule has 1 unspecified atom stereocenters. The van der Waals surface area contributed by atoms with Gasteiger partial charge >= 0.3 is 5.97 Å². The van der Waals surface area contributed by atoms with Gasteiger partial charge in [-0.3, -0.25) is 14.6 Å². The number of halogens is 1. The van der Waals surface area contributed by atoms with Gasteiger partial charge in [0, 0.05) is 22.4 Å². The minimum atomic E-state index is -1.61. The summed E-state index contributed by atoms with van der Waals surface area (Å²) in [4.78, 5) is 37.0. The van der Waals surface area contributed by atoms with E-state index in [2.05, 4.69) is 20.9 Å². The van der Waals surface area contributed by atoms with Gasteiger partial charge in [-0.05, 0) is 28.9 Å². The molecule has 0 bridgehead atoms. The van der Waals surface area contributed by atoms with Crippen LogP contribution in [0.4, 0.5) is 0 Å². The first-order valence-electron chi connectivity index (χ1n) is 4.35. The minimum absolute atomic E-state index is 0.205. The Morgan fingerprint density at radius 3 is 2.50 bits per heavy atom. The summed E-state index contributed by atoms with van der Waals surface area (Å²) in [6, 6.07) is 1.49. The van der Waals surface area contributed by atoms with E-state index in [0.29, 0.717) is 4.47 Å². The molecular weight excluding hydrogens is 278 g/mol. The molecule has 0 aliphatic heterocycles. The van der Waals surface area contributed by atoms with Crippen molar-refractivity contribution in [2.45, 2.75) is 6.92 Å². The van der Waals surface area contributed by atoms with E-state index < -0.39 is 23.5 Å². The summed E-state index contributed by atoms with van der Waals surface area (Å²) in [5.41, 5.74) is 0.205. The highest BCUT2D eigenvalue weighted by molar-refractivity contribution is 9.10. The molecule has 0 amide bonds. The fraction of sp³-hybridized carbons (Fsp3) is 0.200.